The summed E-state index contributed by atoms with van der Waals surface area (Å²) in [7, 11) is 3.29. The van der Waals surface area contributed by atoms with E-state index in [2.05, 4.69) is 0 Å². The van der Waals surface area contributed by atoms with E-state index in [1.807, 2.05) is 6.26 Å². The number of rotatable bonds is 5. The van der Waals surface area contributed by atoms with Crippen molar-refractivity contribution in [2.45, 2.75) is 4.84 Å². The molecule has 0 fully saturated rings. The van der Waals surface area contributed by atoms with Crippen LogP contribution in [0.3, 0.4) is 0 Å². The molecular weight excluding hydrogens is 199 g/mol. The number of ether oxygens (including phenoxy) is 1. The molecule has 9 heavy (non-hydrogen) atoms. The molecule has 1 nitrogen and oxygen atoms in total. The first-order valence-electron chi connectivity index (χ1n) is 2.29. The molecule has 0 unspecified atom stereocenters. The molecule has 0 amide bonds. The van der Waals surface area contributed by atoms with Gasteiger partial charge in [-0.25, -0.2) is 0 Å². The summed E-state index contributed by atoms with van der Waals surface area (Å²) in [5.74, 6) is 0.650. The Bertz CT molecular complexity index is 62.5. The van der Waals surface area contributed by atoms with Gasteiger partial charge in [0.1, 0.15) is 10.8 Å². The van der Waals surface area contributed by atoms with Gasteiger partial charge in [0.2, 0.25) is 0 Å². The monoisotopic (exact) mass is 206 g/mol. The highest BCUT2D eigenvalue weighted by atomic mass is 35.5. The second kappa shape index (κ2) is 7.35. The lowest BCUT2D eigenvalue weighted by molar-refractivity contribution is 0.196. The maximum atomic E-state index is 5.38. The van der Waals surface area contributed by atoms with Crippen molar-refractivity contribution in [1.29, 1.82) is 0 Å². The first-order chi connectivity index (χ1) is 4.27. The largest absolute Gasteiger partial charge is 0.367 e. The molecule has 0 bridgehead atoms. The van der Waals surface area contributed by atoms with Crippen molar-refractivity contribution in [3.8, 4) is 0 Å². The molecule has 0 heterocycles. The van der Waals surface area contributed by atoms with Crippen LogP contribution in [0.15, 0.2) is 0 Å². The zero-order valence-corrected chi connectivity index (χ0v) is 8.12. The van der Waals surface area contributed by atoms with Gasteiger partial charge in [-0.1, -0.05) is 21.6 Å². The van der Waals surface area contributed by atoms with Crippen molar-refractivity contribution < 1.29 is 4.74 Å². The van der Waals surface area contributed by atoms with E-state index in [1.54, 1.807) is 21.6 Å². The predicted octanol–water partition coefficient (Wildman–Crippen LogP) is 2.78. The fraction of sp³-hybridized carbons (Fsp3) is 1.00. The van der Waals surface area contributed by atoms with Gasteiger partial charge in [0, 0.05) is 0 Å². The van der Waals surface area contributed by atoms with E-state index in [0.29, 0.717) is 12.5 Å². The number of hydrogen-bond acceptors (Lipinski definition) is 3. The van der Waals surface area contributed by atoms with E-state index in [1.165, 1.54) is 0 Å². The quantitative estimate of drug-likeness (QED) is 0.297. The van der Waals surface area contributed by atoms with Crippen LogP contribution in [0.5, 0.6) is 0 Å². The Balaban J connectivity index is 2.75. The summed E-state index contributed by atoms with van der Waals surface area (Å²) in [4.78, 5) is -0.396. The molecular formula is C4H8Cl2OS2. The highest BCUT2D eigenvalue weighted by Gasteiger charge is 1.96. The molecule has 0 aromatic carbocycles. The summed E-state index contributed by atoms with van der Waals surface area (Å²) in [5, 5.41) is 0. The average molecular weight is 207 g/mol. The van der Waals surface area contributed by atoms with Crippen LogP contribution >= 0.6 is 44.8 Å². The van der Waals surface area contributed by atoms with Crippen LogP contribution in [0.25, 0.3) is 0 Å². The van der Waals surface area contributed by atoms with Crippen LogP contribution < -0.4 is 0 Å². The van der Waals surface area contributed by atoms with E-state index in [4.69, 9.17) is 27.9 Å². The van der Waals surface area contributed by atoms with Gasteiger partial charge in [-0.05, 0) is 6.26 Å². The molecule has 0 aliphatic carbocycles. The summed E-state index contributed by atoms with van der Waals surface area (Å²) in [5.41, 5.74) is 0. The van der Waals surface area contributed by atoms with E-state index in [0.717, 1.165) is 0 Å². The molecule has 0 rings (SSSR count). The molecule has 0 saturated heterocycles. The summed E-state index contributed by atoms with van der Waals surface area (Å²) in [6.45, 7) is 0.413. The van der Waals surface area contributed by atoms with E-state index >= 15 is 0 Å². The van der Waals surface area contributed by atoms with Gasteiger partial charge in [-0.15, -0.1) is 23.2 Å². The molecule has 0 atom stereocenters. The van der Waals surface area contributed by atoms with Crippen molar-refractivity contribution in [2.24, 2.45) is 0 Å². The topological polar surface area (TPSA) is 9.23 Å². The Hall–Kier alpha value is 1.24. The number of halogens is 2. The van der Waals surface area contributed by atoms with Crippen LogP contribution in [-0.2, 0) is 4.74 Å². The van der Waals surface area contributed by atoms with Crippen LogP contribution in [0.1, 0.15) is 0 Å². The highest BCUT2D eigenvalue weighted by molar-refractivity contribution is 8.76. The van der Waals surface area contributed by atoms with Crippen molar-refractivity contribution in [3.05, 3.63) is 0 Å². The molecule has 56 valence electrons. The van der Waals surface area contributed by atoms with E-state index in [9.17, 15) is 0 Å². The van der Waals surface area contributed by atoms with Crippen LogP contribution in [0.4, 0.5) is 0 Å². The second-order valence-corrected chi connectivity index (χ2v) is 4.95. The molecule has 0 saturated carbocycles. The maximum Gasteiger partial charge on any atom is 0.131 e. The van der Waals surface area contributed by atoms with Gasteiger partial charge < -0.3 is 4.74 Å². The molecule has 0 aliphatic heterocycles. The third-order valence-electron chi connectivity index (χ3n) is 0.493. The van der Waals surface area contributed by atoms with Crippen LogP contribution in [-0.4, -0.2) is 23.6 Å². The number of alkyl halides is 2. The van der Waals surface area contributed by atoms with Gasteiger partial charge >= 0.3 is 0 Å². The summed E-state index contributed by atoms with van der Waals surface area (Å²) >= 11 is 10.8. The molecule has 0 aromatic heterocycles. The van der Waals surface area contributed by atoms with Crippen molar-refractivity contribution in [1.82, 2.24) is 0 Å². The molecule has 0 aromatic rings. The van der Waals surface area contributed by atoms with E-state index in [-0.39, 0.29) is 0 Å². The predicted molar refractivity (Wildman–Crippen MR) is 47.4 cm³/mol. The lowest BCUT2D eigenvalue weighted by Crippen LogP contribution is -2.00. The van der Waals surface area contributed by atoms with Gasteiger partial charge in [0.25, 0.3) is 0 Å². The van der Waals surface area contributed by atoms with Gasteiger partial charge in [-0.3, -0.25) is 0 Å². The average Bonchev–Trinajstić information content (AvgIpc) is 1.80. The Kier molecular flexibility index (Phi) is 8.36. The summed E-state index contributed by atoms with van der Waals surface area (Å²) in [6, 6.07) is 0. The first-order valence-corrected chi connectivity index (χ1v) is 5.89. The number of hydrogen-bond donors (Lipinski definition) is 0. The summed E-state index contributed by atoms with van der Waals surface area (Å²) in [6.07, 6.45) is 1.99. The lowest BCUT2D eigenvalue weighted by Gasteiger charge is -2.00. The smallest absolute Gasteiger partial charge is 0.131 e. The standard InChI is InChI=1S/C4H8Cl2OS2/c1-8-9-3-7-2-4(5)6/h4H,2-3H2,1H3. The maximum absolute atomic E-state index is 5.38. The normalized spacial score (nSPS) is 10.7. The fourth-order valence-electron chi connectivity index (χ4n) is 0.219. The first kappa shape index (κ1) is 10.2. The molecule has 0 N–H and O–H groups in total. The Labute approximate surface area is 73.2 Å². The minimum Gasteiger partial charge on any atom is -0.367 e. The Morgan fingerprint density at radius 3 is 2.67 bits per heavy atom. The Morgan fingerprint density at radius 2 is 2.22 bits per heavy atom. The van der Waals surface area contributed by atoms with Gasteiger partial charge in [0.05, 0.1) is 6.61 Å². The van der Waals surface area contributed by atoms with Crippen molar-refractivity contribution in [3.63, 3.8) is 0 Å². The van der Waals surface area contributed by atoms with Crippen LogP contribution in [0, 0.1) is 0 Å². The van der Waals surface area contributed by atoms with Crippen molar-refractivity contribution >= 4 is 44.8 Å². The van der Waals surface area contributed by atoms with Gasteiger partial charge in [0.15, 0.2) is 0 Å². The minimum absolute atomic E-state index is 0.396. The fourth-order valence-corrected chi connectivity index (χ4v) is 1.15. The lowest BCUT2D eigenvalue weighted by atomic mass is 10.9. The third kappa shape index (κ3) is 9.24. The Morgan fingerprint density at radius 1 is 1.56 bits per heavy atom. The molecule has 0 spiro atoms. The molecule has 0 aliphatic rings. The third-order valence-corrected chi connectivity index (χ3v) is 2.24. The minimum atomic E-state index is -0.396. The van der Waals surface area contributed by atoms with E-state index < -0.39 is 4.84 Å². The zero-order chi connectivity index (χ0) is 7.11. The molecule has 5 heteroatoms. The van der Waals surface area contributed by atoms with Gasteiger partial charge in [-0.2, -0.15) is 0 Å². The zero-order valence-electron chi connectivity index (χ0n) is 4.97. The summed E-state index contributed by atoms with van der Waals surface area (Å²) < 4.78 is 5.01. The highest BCUT2D eigenvalue weighted by Crippen LogP contribution is 2.16. The van der Waals surface area contributed by atoms with Crippen LogP contribution in [0.2, 0.25) is 0 Å². The second-order valence-electron chi connectivity index (χ2n) is 1.16. The van der Waals surface area contributed by atoms with Crippen molar-refractivity contribution in [2.75, 3.05) is 18.8 Å². The molecule has 0 radical (unpaired) electrons. The SMILES string of the molecule is CSSCOCC(Cl)Cl.